The van der Waals surface area contributed by atoms with E-state index in [1.165, 1.54) is 10.9 Å². The second-order valence-corrected chi connectivity index (χ2v) is 4.80. The fourth-order valence-electron chi connectivity index (χ4n) is 2.23. The number of carbonyl (C=O) groups excluding carboxylic acids is 1. The third kappa shape index (κ3) is 3.10. The molecule has 1 fully saturated rings. The zero-order valence-corrected chi connectivity index (χ0v) is 10.9. The number of aromatic carboxylic acids is 1. The number of hydrogen-bond donors (Lipinski definition) is 1. The van der Waals surface area contributed by atoms with E-state index in [-0.39, 0.29) is 11.6 Å². The Kier molecular flexibility index (Phi) is 4.13. The first-order valence-electron chi connectivity index (χ1n) is 6.53. The SMILES string of the molecule is CC(C(=O)N1CCCCCC1)n1cc(C(=O)O)nn1. The summed E-state index contributed by atoms with van der Waals surface area (Å²) in [5.74, 6) is -1.16. The maximum absolute atomic E-state index is 12.3. The van der Waals surface area contributed by atoms with Crippen LogP contribution in [0.2, 0.25) is 0 Å². The number of nitrogens with zero attached hydrogens (tertiary/aromatic N) is 4. The van der Waals surface area contributed by atoms with Gasteiger partial charge in [0.2, 0.25) is 5.91 Å². The smallest absolute Gasteiger partial charge is 0.358 e. The predicted octanol–water partition coefficient (Wildman–Crippen LogP) is 0.940. The van der Waals surface area contributed by atoms with Crippen molar-refractivity contribution in [2.45, 2.75) is 38.6 Å². The van der Waals surface area contributed by atoms with Crippen molar-refractivity contribution in [1.29, 1.82) is 0 Å². The van der Waals surface area contributed by atoms with Crippen LogP contribution in [0.1, 0.15) is 49.1 Å². The summed E-state index contributed by atoms with van der Waals surface area (Å²) in [6.07, 6.45) is 5.66. The Balaban J connectivity index is 2.06. The Morgan fingerprint density at radius 2 is 1.89 bits per heavy atom. The summed E-state index contributed by atoms with van der Waals surface area (Å²) in [7, 11) is 0. The zero-order valence-electron chi connectivity index (χ0n) is 10.9. The van der Waals surface area contributed by atoms with Gasteiger partial charge in [0.1, 0.15) is 6.04 Å². The summed E-state index contributed by atoms with van der Waals surface area (Å²) in [4.78, 5) is 24.9. The summed E-state index contributed by atoms with van der Waals surface area (Å²) in [6, 6.07) is -0.515. The van der Waals surface area contributed by atoms with Crippen LogP contribution in [0.5, 0.6) is 0 Å². The molecule has 1 aromatic rings. The van der Waals surface area contributed by atoms with Crippen LogP contribution in [0.3, 0.4) is 0 Å². The van der Waals surface area contributed by atoms with Gasteiger partial charge in [-0.1, -0.05) is 18.1 Å². The minimum absolute atomic E-state index is 0.0243. The van der Waals surface area contributed by atoms with E-state index >= 15 is 0 Å². The van der Waals surface area contributed by atoms with Crippen LogP contribution in [0.25, 0.3) is 0 Å². The molecule has 2 rings (SSSR count). The fourth-order valence-corrected chi connectivity index (χ4v) is 2.23. The number of aromatic nitrogens is 3. The molecule has 0 saturated carbocycles. The second kappa shape index (κ2) is 5.81. The van der Waals surface area contributed by atoms with Crippen molar-refractivity contribution in [3.8, 4) is 0 Å². The average molecular weight is 266 g/mol. The minimum Gasteiger partial charge on any atom is -0.476 e. The van der Waals surface area contributed by atoms with E-state index in [2.05, 4.69) is 10.3 Å². The van der Waals surface area contributed by atoms with Crippen molar-refractivity contribution in [3.63, 3.8) is 0 Å². The van der Waals surface area contributed by atoms with Crippen molar-refractivity contribution in [3.05, 3.63) is 11.9 Å². The van der Waals surface area contributed by atoms with E-state index < -0.39 is 12.0 Å². The Hall–Kier alpha value is -1.92. The minimum atomic E-state index is -1.14. The van der Waals surface area contributed by atoms with Gasteiger partial charge in [0.15, 0.2) is 5.69 Å². The molecular weight excluding hydrogens is 248 g/mol. The summed E-state index contributed by atoms with van der Waals surface area (Å²) >= 11 is 0. The Morgan fingerprint density at radius 3 is 2.42 bits per heavy atom. The molecule has 0 aliphatic carbocycles. The topological polar surface area (TPSA) is 88.3 Å². The number of carbonyl (C=O) groups is 2. The van der Waals surface area contributed by atoms with Crippen LogP contribution in [0, 0.1) is 0 Å². The fraction of sp³-hybridized carbons (Fsp3) is 0.667. The number of carboxylic acid groups (broad SMARTS) is 1. The molecule has 1 atom stereocenters. The van der Waals surface area contributed by atoms with Gasteiger partial charge in [-0.3, -0.25) is 4.79 Å². The highest BCUT2D eigenvalue weighted by Crippen LogP contribution is 2.15. The third-order valence-electron chi connectivity index (χ3n) is 3.40. The van der Waals surface area contributed by atoms with E-state index in [1.54, 1.807) is 6.92 Å². The second-order valence-electron chi connectivity index (χ2n) is 4.80. The first-order chi connectivity index (χ1) is 9.09. The molecule has 0 radical (unpaired) electrons. The third-order valence-corrected chi connectivity index (χ3v) is 3.40. The standard InChI is InChI=1S/C12H18N4O3/c1-9(16-8-10(12(18)19)13-14-16)11(17)15-6-4-2-3-5-7-15/h8-9H,2-7H2,1H3,(H,18,19). The molecule has 1 aromatic heterocycles. The van der Waals surface area contributed by atoms with Crippen molar-refractivity contribution in [2.24, 2.45) is 0 Å². The van der Waals surface area contributed by atoms with Gasteiger partial charge in [-0.2, -0.15) is 0 Å². The maximum Gasteiger partial charge on any atom is 0.358 e. The lowest BCUT2D eigenvalue weighted by Crippen LogP contribution is -2.37. The lowest BCUT2D eigenvalue weighted by atomic mass is 10.2. The predicted molar refractivity (Wildman–Crippen MR) is 66.7 cm³/mol. The highest BCUT2D eigenvalue weighted by atomic mass is 16.4. The van der Waals surface area contributed by atoms with Gasteiger partial charge in [0.25, 0.3) is 0 Å². The molecule has 1 N–H and O–H groups in total. The quantitative estimate of drug-likeness (QED) is 0.879. The largest absolute Gasteiger partial charge is 0.476 e. The molecule has 0 spiro atoms. The van der Waals surface area contributed by atoms with Gasteiger partial charge in [-0.15, -0.1) is 5.10 Å². The lowest BCUT2D eigenvalue weighted by Gasteiger charge is -2.23. The summed E-state index contributed by atoms with van der Waals surface area (Å²) in [6.45, 7) is 3.25. The van der Waals surface area contributed by atoms with Gasteiger partial charge in [0.05, 0.1) is 6.20 Å². The van der Waals surface area contributed by atoms with Gasteiger partial charge in [-0.05, 0) is 19.8 Å². The highest BCUT2D eigenvalue weighted by molar-refractivity contribution is 5.85. The molecule has 104 valence electrons. The first-order valence-corrected chi connectivity index (χ1v) is 6.53. The van der Waals surface area contributed by atoms with E-state index in [9.17, 15) is 9.59 Å². The zero-order chi connectivity index (χ0) is 13.8. The summed E-state index contributed by atoms with van der Waals surface area (Å²) < 4.78 is 1.32. The van der Waals surface area contributed by atoms with Crippen LogP contribution >= 0.6 is 0 Å². The molecule has 1 aliphatic rings. The van der Waals surface area contributed by atoms with Crippen LogP contribution < -0.4 is 0 Å². The Bertz CT molecular complexity index is 463. The highest BCUT2D eigenvalue weighted by Gasteiger charge is 2.24. The van der Waals surface area contributed by atoms with Gasteiger partial charge in [-0.25, -0.2) is 9.48 Å². The van der Waals surface area contributed by atoms with Gasteiger partial charge in [0, 0.05) is 13.1 Å². The van der Waals surface area contributed by atoms with E-state index in [1.807, 2.05) is 4.90 Å². The monoisotopic (exact) mass is 266 g/mol. The maximum atomic E-state index is 12.3. The molecular formula is C12H18N4O3. The number of amides is 1. The Morgan fingerprint density at radius 1 is 1.26 bits per heavy atom. The van der Waals surface area contributed by atoms with E-state index in [0.717, 1.165) is 38.8 Å². The molecule has 1 saturated heterocycles. The Labute approximate surface area is 111 Å². The molecule has 0 aromatic carbocycles. The van der Waals surface area contributed by atoms with Gasteiger partial charge >= 0.3 is 5.97 Å². The van der Waals surface area contributed by atoms with Crippen LogP contribution in [-0.2, 0) is 4.79 Å². The molecule has 7 nitrogen and oxygen atoms in total. The molecule has 0 bridgehead atoms. The van der Waals surface area contributed by atoms with Crippen molar-refractivity contribution in [2.75, 3.05) is 13.1 Å². The van der Waals surface area contributed by atoms with Crippen LogP contribution in [0.15, 0.2) is 6.20 Å². The van der Waals surface area contributed by atoms with Gasteiger partial charge < -0.3 is 10.0 Å². The molecule has 1 unspecified atom stereocenters. The molecule has 1 aliphatic heterocycles. The lowest BCUT2D eigenvalue weighted by molar-refractivity contribution is -0.134. The van der Waals surface area contributed by atoms with Crippen LogP contribution in [-0.4, -0.2) is 50.0 Å². The summed E-state index contributed by atoms with van der Waals surface area (Å²) in [5, 5.41) is 16.0. The first kappa shape index (κ1) is 13.5. The van der Waals surface area contributed by atoms with Crippen molar-refractivity contribution in [1.82, 2.24) is 19.9 Å². The number of rotatable bonds is 3. The number of hydrogen-bond acceptors (Lipinski definition) is 4. The molecule has 2 heterocycles. The molecule has 19 heavy (non-hydrogen) atoms. The normalized spacial score (nSPS) is 17.8. The van der Waals surface area contributed by atoms with Crippen molar-refractivity contribution >= 4 is 11.9 Å². The molecule has 1 amide bonds. The summed E-state index contributed by atoms with van der Waals surface area (Å²) in [5.41, 5.74) is -0.143. The average Bonchev–Trinajstić information content (AvgIpc) is 2.73. The van der Waals surface area contributed by atoms with E-state index in [4.69, 9.17) is 5.11 Å². The van der Waals surface area contributed by atoms with Crippen LogP contribution in [0.4, 0.5) is 0 Å². The molecule has 7 heteroatoms. The number of carboxylic acids is 1. The van der Waals surface area contributed by atoms with E-state index in [0.29, 0.717) is 0 Å². The number of likely N-dealkylation sites (tertiary alicyclic amines) is 1. The van der Waals surface area contributed by atoms with Crippen molar-refractivity contribution < 1.29 is 14.7 Å².